The van der Waals surface area contributed by atoms with Crippen LogP contribution in [0.4, 0.5) is 0 Å². The molecule has 0 aromatic carbocycles. The molecule has 0 bridgehead atoms. The summed E-state index contributed by atoms with van der Waals surface area (Å²) in [6.45, 7) is 2.21. The summed E-state index contributed by atoms with van der Waals surface area (Å²) in [7, 11) is 0. The van der Waals surface area contributed by atoms with Gasteiger partial charge in [-0.15, -0.1) is 0 Å². The molecular weight excluding hydrogens is 182 g/mol. The Morgan fingerprint density at radius 2 is 2.43 bits per heavy atom. The fourth-order valence-corrected chi connectivity index (χ4v) is 1.60. The molecule has 0 amide bonds. The largest absolute Gasteiger partial charge is 0.480 e. The summed E-state index contributed by atoms with van der Waals surface area (Å²) in [6, 6.07) is -0.316. The molecule has 1 unspecified atom stereocenters. The van der Waals surface area contributed by atoms with Gasteiger partial charge in [0.2, 0.25) is 0 Å². The van der Waals surface area contributed by atoms with E-state index in [9.17, 15) is 4.79 Å². The van der Waals surface area contributed by atoms with Crippen molar-refractivity contribution in [3.05, 3.63) is 0 Å². The van der Waals surface area contributed by atoms with E-state index >= 15 is 0 Å². The second-order valence-corrected chi connectivity index (χ2v) is 3.75. The van der Waals surface area contributed by atoms with Gasteiger partial charge in [0.15, 0.2) is 0 Å². The number of piperidine rings is 1. The van der Waals surface area contributed by atoms with Gasteiger partial charge in [-0.05, 0) is 19.4 Å². The number of aliphatic carboxylic acids is 1. The van der Waals surface area contributed by atoms with Crippen molar-refractivity contribution in [1.29, 1.82) is 0 Å². The van der Waals surface area contributed by atoms with Crippen LogP contribution in [-0.4, -0.2) is 42.8 Å². The zero-order chi connectivity index (χ0) is 10.4. The molecule has 0 aliphatic carbocycles. The lowest BCUT2D eigenvalue weighted by atomic mass is 10.1. The third-order valence-corrected chi connectivity index (χ3v) is 2.48. The van der Waals surface area contributed by atoms with Crippen molar-refractivity contribution >= 4 is 5.97 Å². The fourth-order valence-electron chi connectivity index (χ4n) is 1.60. The summed E-state index contributed by atoms with van der Waals surface area (Å²) >= 11 is 0. The van der Waals surface area contributed by atoms with E-state index in [1.54, 1.807) is 0 Å². The Kier molecular flexibility index (Phi) is 4.86. The van der Waals surface area contributed by atoms with E-state index in [0.717, 1.165) is 19.5 Å². The molecule has 82 valence electrons. The molecule has 1 aliphatic heterocycles. The average Bonchev–Trinajstić information content (AvgIpc) is 2.19. The van der Waals surface area contributed by atoms with Gasteiger partial charge in [0, 0.05) is 19.1 Å². The molecule has 0 radical (unpaired) electrons. The predicted octanol–water partition coefficient (Wildman–Crippen LogP) is -0.870. The molecule has 0 spiro atoms. The molecule has 1 heterocycles. The predicted molar refractivity (Wildman–Crippen MR) is 54.1 cm³/mol. The number of carboxylic acid groups (broad SMARTS) is 1. The molecule has 5 N–H and O–H groups in total. The van der Waals surface area contributed by atoms with Crippen molar-refractivity contribution in [2.45, 2.75) is 31.3 Å². The van der Waals surface area contributed by atoms with Gasteiger partial charge in [-0.2, -0.15) is 0 Å². The van der Waals surface area contributed by atoms with E-state index in [-0.39, 0.29) is 0 Å². The van der Waals surface area contributed by atoms with Crippen LogP contribution in [0.5, 0.6) is 0 Å². The van der Waals surface area contributed by atoms with Crippen LogP contribution >= 0.6 is 0 Å². The summed E-state index contributed by atoms with van der Waals surface area (Å²) in [5, 5.41) is 15.0. The molecule has 1 saturated heterocycles. The number of carboxylic acids is 1. The van der Waals surface area contributed by atoms with Crippen LogP contribution in [0.1, 0.15) is 19.3 Å². The van der Waals surface area contributed by atoms with Crippen molar-refractivity contribution in [2.24, 2.45) is 5.73 Å². The van der Waals surface area contributed by atoms with Crippen LogP contribution in [0.2, 0.25) is 0 Å². The van der Waals surface area contributed by atoms with Crippen molar-refractivity contribution < 1.29 is 9.90 Å². The van der Waals surface area contributed by atoms with Crippen LogP contribution in [-0.2, 0) is 4.79 Å². The molecule has 5 nitrogen and oxygen atoms in total. The van der Waals surface area contributed by atoms with Crippen LogP contribution in [0.25, 0.3) is 0 Å². The van der Waals surface area contributed by atoms with Gasteiger partial charge in [0.1, 0.15) is 6.04 Å². The highest BCUT2D eigenvalue weighted by Crippen LogP contribution is 2.05. The second kappa shape index (κ2) is 5.95. The maximum atomic E-state index is 10.4. The number of hydrogen-bond donors (Lipinski definition) is 4. The Morgan fingerprint density at radius 3 is 3.00 bits per heavy atom. The molecule has 14 heavy (non-hydrogen) atoms. The van der Waals surface area contributed by atoms with Crippen molar-refractivity contribution in [1.82, 2.24) is 10.6 Å². The molecule has 1 rings (SSSR count). The van der Waals surface area contributed by atoms with Crippen molar-refractivity contribution in [2.75, 3.05) is 19.6 Å². The van der Waals surface area contributed by atoms with Gasteiger partial charge < -0.3 is 21.5 Å². The van der Waals surface area contributed by atoms with Gasteiger partial charge in [0.25, 0.3) is 0 Å². The Balaban J connectivity index is 2.05. The molecule has 1 aliphatic rings. The lowest BCUT2D eigenvalue weighted by Crippen LogP contribution is -2.46. The minimum Gasteiger partial charge on any atom is -0.480 e. The topological polar surface area (TPSA) is 87.4 Å². The van der Waals surface area contributed by atoms with Crippen LogP contribution in [0.15, 0.2) is 0 Å². The van der Waals surface area contributed by atoms with Crippen LogP contribution in [0, 0.1) is 0 Å². The minimum absolute atomic E-state index is 0.341. The van der Waals surface area contributed by atoms with Gasteiger partial charge in [0.05, 0.1) is 0 Å². The first-order valence-corrected chi connectivity index (χ1v) is 5.12. The highest BCUT2D eigenvalue weighted by atomic mass is 16.4. The molecule has 1 fully saturated rings. The zero-order valence-electron chi connectivity index (χ0n) is 8.33. The summed E-state index contributed by atoms with van der Waals surface area (Å²) in [6.07, 6.45) is 3.66. The maximum absolute atomic E-state index is 10.4. The maximum Gasteiger partial charge on any atom is 0.321 e. The Morgan fingerprint density at radius 1 is 1.64 bits per heavy atom. The lowest BCUT2D eigenvalue weighted by molar-refractivity contribution is -0.138. The van der Waals surface area contributed by atoms with E-state index in [0.29, 0.717) is 12.6 Å². The van der Waals surface area contributed by atoms with Crippen LogP contribution in [0.3, 0.4) is 0 Å². The highest BCUT2D eigenvalue weighted by Gasteiger charge is 2.14. The molecule has 5 heteroatoms. The monoisotopic (exact) mass is 201 g/mol. The summed E-state index contributed by atoms with van der Waals surface area (Å²) in [5.41, 5.74) is 5.35. The fraction of sp³-hybridized carbons (Fsp3) is 0.889. The SMILES string of the molecule is N[C@H](CNCC1CCCCN1)C(=O)O. The Hall–Kier alpha value is -0.650. The summed E-state index contributed by atoms with van der Waals surface area (Å²) < 4.78 is 0. The number of hydrogen-bond acceptors (Lipinski definition) is 4. The van der Waals surface area contributed by atoms with Crippen molar-refractivity contribution in [3.8, 4) is 0 Å². The van der Waals surface area contributed by atoms with Crippen molar-refractivity contribution in [3.63, 3.8) is 0 Å². The summed E-state index contributed by atoms with van der Waals surface area (Å²) in [5.74, 6) is -0.950. The Labute approximate surface area is 84.0 Å². The van der Waals surface area contributed by atoms with Gasteiger partial charge in [-0.1, -0.05) is 6.42 Å². The quantitative estimate of drug-likeness (QED) is 0.464. The smallest absolute Gasteiger partial charge is 0.321 e. The van der Waals surface area contributed by atoms with Gasteiger partial charge in [-0.25, -0.2) is 0 Å². The number of nitrogens with two attached hydrogens (primary N) is 1. The number of nitrogens with one attached hydrogen (secondary N) is 2. The first-order valence-electron chi connectivity index (χ1n) is 5.12. The standard InChI is InChI=1S/C9H19N3O2/c10-8(9(13)14)6-11-5-7-3-1-2-4-12-7/h7-8,11-12H,1-6,10H2,(H,13,14)/t7?,8-/m1/s1. The van der Waals surface area contributed by atoms with Gasteiger partial charge >= 0.3 is 5.97 Å². The third-order valence-electron chi connectivity index (χ3n) is 2.48. The molecule has 2 atom stereocenters. The Bertz CT molecular complexity index is 181. The number of carbonyl (C=O) groups is 1. The molecule has 0 saturated carbocycles. The van der Waals surface area contributed by atoms with E-state index < -0.39 is 12.0 Å². The van der Waals surface area contributed by atoms with E-state index in [1.165, 1.54) is 12.8 Å². The average molecular weight is 201 g/mol. The minimum atomic E-state index is -0.950. The highest BCUT2D eigenvalue weighted by molar-refractivity contribution is 5.73. The van der Waals surface area contributed by atoms with Crippen LogP contribution < -0.4 is 16.4 Å². The van der Waals surface area contributed by atoms with Gasteiger partial charge in [-0.3, -0.25) is 4.79 Å². The van der Waals surface area contributed by atoms with E-state index in [2.05, 4.69) is 10.6 Å². The first kappa shape index (κ1) is 11.4. The molecule has 0 aromatic heterocycles. The lowest BCUT2D eigenvalue weighted by Gasteiger charge is -2.24. The zero-order valence-corrected chi connectivity index (χ0v) is 8.33. The normalized spacial score (nSPS) is 24.5. The molecular formula is C9H19N3O2. The molecule has 0 aromatic rings. The van der Waals surface area contributed by atoms with E-state index in [1.807, 2.05) is 0 Å². The van der Waals surface area contributed by atoms with E-state index in [4.69, 9.17) is 10.8 Å². The first-order chi connectivity index (χ1) is 6.70. The summed E-state index contributed by atoms with van der Waals surface area (Å²) in [4.78, 5) is 10.4. The number of rotatable bonds is 5. The third kappa shape index (κ3) is 4.04. The second-order valence-electron chi connectivity index (χ2n) is 3.75.